The van der Waals surface area contributed by atoms with E-state index < -0.39 is 5.54 Å². The summed E-state index contributed by atoms with van der Waals surface area (Å²) < 4.78 is 7.60. The van der Waals surface area contributed by atoms with Gasteiger partial charge in [-0.2, -0.15) is 0 Å². The Bertz CT molecular complexity index is 934. The maximum absolute atomic E-state index is 7.05. The van der Waals surface area contributed by atoms with Crippen LogP contribution in [0.4, 0.5) is 0 Å². The first-order valence-corrected chi connectivity index (χ1v) is 11.4. The monoisotopic (exact) mass is 464 g/mol. The molecule has 1 heterocycles. The Morgan fingerprint density at radius 1 is 0.900 bits per heavy atom. The lowest BCUT2D eigenvalue weighted by Gasteiger charge is -2.45. The standard InChI is InChI=1S/C26H29BrN2O/c27-24-14-8-7-13-23(24)17-26(28)15-16-29(18-21-9-3-1-4-10-21)19-25(26)30-20-22-11-5-2-6-12-22/h1-14,25H,15-20,28H2. The molecule has 0 saturated carbocycles. The van der Waals surface area contributed by atoms with E-state index in [9.17, 15) is 0 Å². The second-order valence-electron chi connectivity index (χ2n) is 8.26. The molecule has 1 fully saturated rings. The van der Waals surface area contributed by atoms with Gasteiger partial charge in [0.05, 0.1) is 12.7 Å². The number of nitrogens with zero attached hydrogens (tertiary/aromatic N) is 1. The lowest BCUT2D eigenvalue weighted by atomic mass is 9.80. The Hall–Kier alpha value is -1.98. The zero-order chi connectivity index (χ0) is 20.8. The van der Waals surface area contributed by atoms with E-state index in [1.54, 1.807) is 0 Å². The second kappa shape index (κ2) is 9.88. The summed E-state index contributed by atoms with van der Waals surface area (Å²) in [5, 5.41) is 0. The van der Waals surface area contributed by atoms with Gasteiger partial charge in [-0.25, -0.2) is 0 Å². The summed E-state index contributed by atoms with van der Waals surface area (Å²) in [7, 11) is 0. The zero-order valence-electron chi connectivity index (χ0n) is 17.2. The van der Waals surface area contributed by atoms with Crippen molar-refractivity contribution in [2.45, 2.75) is 37.6 Å². The highest BCUT2D eigenvalue weighted by molar-refractivity contribution is 9.10. The Kier molecular flexibility index (Phi) is 7.00. The minimum Gasteiger partial charge on any atom is -0.370 e. The van der Waals surface area contributed by atoms with Crippen molar-refractivity contribution in [3.63, 3.8) is 0 Å². The molecule has 3 aromatic rings. The van der Waals surface area contributed by atoms with Crippen molar-refractivity contribution in [3.8, 4) is 0 Å². The summed E-state index contributed by atoms with van der Waals surface area (Å²) in [5.41, 5.74) is 10.4. The molecule has 156 valence electrons. The molecule has 2 atom stereocenters. The molecule has 3 nitrogen and oxygen atoms in total. The molecule has 0 aliphatic carbocycles. The number of halogens is 1. The van der Waals surface area contributed by atoms with E-state index in [0.29, 0.717) is 6.61 Å². The van der Waals surface area contributed by atoms with Gasteiger partial charge in [0.25, 0.3) is 0 Å². The van der Waals surface area contributed by atoms with Crippen LogP contribution in [0, 0.1) is 0 Å². The average molecular weight is 465 g/mol. The van der Waals surface area contributed by atoms with E-state index in [2.05, 4.69) is 93.6 Å². The minimum atomic E-state index is -0.397. The highest BCUT2D eigenvalue weighted by atomic mass is 79.9. The highest BCUT2D eigenvalue weighted by Crippen LogP contribution is 2.31. The molecule has 4 heteroatoms. The van der Waals surface area contributed by atoms with Gasteiger partial charge in [0, 0.05) is 29.6 Å². The van der Waals surface area contributed by atoms with Crippen LogP contribution < -0.4 is 5.73 Å². The zero-order valence-corrected chi connectivity index (χ0v) is 18.8. The molecule has 3 aromatic carbocycles. The molecule has 1 aliphatic heterocycles. The summed E-state index contributed by atoms with van der Waals surface area (Å²) >= 11 is 3.69. The first-order valence-electron chi connectivity index (χ1n) is 10.6. The van der Waals surface area contributed by atoms with Crippen LogP contribution in [0.25, 0.3) is 0 Å². The molecule has 4 rings (SSSR count). The molecule has 1 aliphatic rings. The van der Waals surface area contributed by atoms with Crippen molar-refractivity contribution in [1.29, 1.82) is 0 Å². The van der Waals surface area contributed by atoms with Crippen LogP contribution in [0.5, 0.6) is 0 Å². The third kappa shape index (κ3) is 5.38. The molecule has 2 unspecified atom stereocenters. The van der Waals surface area contributed by atoms with Crippen molar-refractivity contribution in [1.82, 2.24) is 4.90 Å². The van der Waals surface area contributed by atoms with E-state index in [4.69, 9.17) is 10.5 Å². The van der Waals surface area contributed by atoms with E-state index in [1.807, 2.05) is 12.1 Å². The van der Waals surface area contributed by atoms with E-state index in [1.165, 1.54) is 16.7 Å². The van der Waals surface area contributed by atoms with Gasteiger partial charge < -0.3 is 10.5 Å². The third-order valence-electron chi connectivity index (χ3n) is 5.98. The predicted molar refractivity (Wildman–Crippen MR) is 126 cm³/mol. The van der Waals surface area contributed by atoms with Crippen molar-refractivity contribution >= 4 is 15.9 Å². The SMILES string of the molecule is NC1(Cc2ccccc2Br)CCN(Cc2ccccc2)CC1OCc1ccccc1. The van der Waals surface area contributed by atoms with Crippen molar-refractivity contribution < 1.29 is 4.74 Å². The fourth-order valence-electron chi connectivity index (χ4n) is 4.21. The molecule has 30 heavy (non-hydrogen) atoms. The number of piperidine rings is 1. The fraction of sp³-hybridized carbons (Fsp3) is 0.308. The van der Waals surface area contributed by atoms with Crippen LogP contribution in [0.1, 0.15) is 23.1 Å². The van der Waals surface area contributed by atoms with Gasteiger partial charge in [-0.15, -0.1) is 0 Å². The fourth-order valence-corrected chi connectivity index (χ4v) is 4.63. The summed E-state index contributed by atoms with van der Waals surface area (Å²) in [4.78, 5) is 2.47. The van der Waals surface area contributed by atoms with E-state index in [-0.39, 0.29) is 6.10 Å². The van der Waals surface area contributed by atoms with Gasteiger partial charge in [0.2, 0.25) is 0 Å². The molecular formula is C26H29BrN2O. The van der Waals surface area contributed by atoms with E-state index in [0.717, 1.165) is 36.9 Å². The molecule has 0 radical (unpaired) electrons. The molecule has 2 N–H and O–H groups in total. The molecule has 0 bridgehead atoms. The Morgan fingerprint density at radius 3 is 2.23 bits per heavy atom. The second-order valence-corrected chi connectivity index (χ2v) is 9.11. The normalized spacial score (nSPS) is 22.1. The van der Waals surface area contributed by atoms with Crippen LogP contribution in [0.2, 0.25) is 0 Å². The van der Waals surface area contributed by atoms with Crippen LogP contribution in [-0.4, -0.2) is 29.6 Å². The summed E-state index contributed by atoms with van der Waals surface area (Å²) in [6, 6.07) is 29.4. The topological polar surface area (TPSA) is 38.5 Å². The maximum Gasteiger partial charge on any atom is 0.0889 e. The van der Waals surface area contributed by atoms with Gasteiger partial charge in [-0.3, -0.25) is 4.90 Å². The Balaban J connectivity index is 1.51. The maximum atomic E-state index is 7.05. The molecular weight excluding hydrogens is 436 g/mol. The Labute approximate surface area is 188 Å². The summed E-state index contributed by atoms with van der Waals surface area (Å²) in [5.74, 6) is 0. The van der Waals surface area contributed by atoms with Gasteiger partial charge in [-0.05, 0) is 35.6 Å². The number of likely N-dealkylation sites (tertiary alicyclic amines) is 1. The summed E-state index contributed by atoms with van der Waals surface area (Å²) in [6.45, 7) is 3.32. The lowest BCUT2D eigenvalue weighted by Crippen LogP contribution is -2.62. The average Bonchev–Trinajstić information content (AvgIpc) is 2.77. The first-order chi connectivity index (χ1) is 14.6. The number of benzene rings is 3. The largest absolute Gasteiger partial charge is 0.370 e. The molecule has 0 amide bonds. The van der Waals surface area contributed by atoms with Crippen LogP contribution >= 0.6 is 15.9 Å². The predicted octanol–water partition coefficient (Wildman–Crippen LogP) is 5.18. The highest BCUT2D eigenvalue weighted by Gasteiger charge is 2.41. The Morgan fingerprint density at radius 2 is 1.53 bits per heavy atom. The van der Waals surface area contributed by atoms with Gasteiger partial charge in [-0.1, -0.05) is 94.8 Å². The van der Waals surface area contributed by atoms with E-state index >= 15 is 0 Å². The lowest BCUT2D eigenvalue weighted by molar-refractivity contribution is -0.0610. The molecule has 0 spiro atoms. The van der Waals surface area contributed by atoms with Crippen molar-refractivity contribution in [3.05, 3.63) is 106 Å². The van der Waals surface area contributed by atoms with Gasteiger partial charge in [0.1, 0.15) is 0 Å². The van der Waals surface area contributed by atoms with Gasteiger partial charge in [0.15, 0.2) is 0 Å². The molecule has 1 saturated heterocycles. The van der Waals surface area contributed by atoms with Crippen LogP contribution in [0.15, 0.2) is 89.4 Å². The number of hydrogen-bond acceptors (Lipinski definition) is 3. The number of nitrogens with two attached hydrogens (primary N) is 1. The number of rotatable bonds is 7. The number of hydrogen-bond donors (Lipinski definition) is 1. The van der Waals surface area contributed by atoms with Gasteiger partial charge >= 0.3 is 0 Å². The summed E-state index contributed by atoms with van der Waals surface area (Å²) in [6.07, 6.45) is 1.66. The molecule has 0 aromatic heterocycles. The number of ether oxygens (including phenoxy) is 1. The minimum absolute atomic E-state index is 0.0396. The van der Waals surface area contributed by atoms with Crippen molar-refractivity contribution in [2.24, 2.45) is 5.73 Å². The van der Waals surface area contributed by atoms with Crippen molar-refractivity contribution in [2.75, 3.05) is 13.1 Å². The first kappa shape index (κ1) is 21.3. The quantitative estimate of drug-likeness (QED) is 0.523. The third-order valence-corrected chi connectivity index (χ3v) is 6.75. The van der Waals surface area contributed by atoms with Crippen LogP contribution in [0.3, 0.4) is 0 Å². The van der Waals surface area contributed by atoms with Crippen LogP contribution in [-0.2, 0) is 24.3 Å². The smallest absolute Gasteiger partial charge is 0.0889 e.